The number of hydrogen-bond donors (Lipinski definition) is 0. The molecule has 2 aliphatic rings. The maximum atomic E-state index is 13.2. The van der Waals surface area contributed by atoms with Crippen LogP contribution in [-0.4, -0.2) is 37.9 Å². The Morgan fingerprint density at radius 3 is 2.74 bits per heavy atom. The molecule has 0 unspecified atom stereocenters. The average Bonchev–Trinajstić information content (AvgIpc) is 2.70. The van der Waals surface area contributed by atoms with Gasteiger partial charge in [-0.1, -0.05) is 42.5 Å². The van der Waals surface area contributed by atoms with Crippen molar-refractivity contribution in [2.24, 2.45) is 5.92 Å². The van der Waals surface area contributed by atoms with Crippen molar-refractivity contribution in [1.82, 2.24) is 4.90 Å². The van der Waals surface area contributed by atoms with Crippen molar-refractivity contribution >= 4 is 11.9 Å². The molecule has 140 valence electrons. The zero-order valence-electron chi connectivity index (χ0n) is 16.2. The van der Waals surface area contributed by atoms with Crippen molar-refractivity contribution in [2.45, 2.75) is 24.7 Å². The summed E-state index contributed by atoms with van der Waals surface area (Å²) in [6.45, 7) is 2.05. The third-order valence-corrected chi connectivity index (χ3v) is 6.34. The van der Waals surface area contributed by atoms with Gasteiger partial charge in [0.05, 0.1) is 7.11 Å². The third-order valence-electron chi connectivity index (χ3n) is 6.34. The van der Waals surface area contributed by atoms with E-state index in [4.69, 9.17) is 4.74 Å². The van der Waals surface area contributed by atoms with Crippen molar-refractivity contribution in [3.05, 3.63) is 71.3 Å². The molecule has 0 N–H and O–H groups in total. The van der Waals surface area contributed by atoms with Crippen LogP contribution in [-0.2, 0) is 10.2 Å². The van der Waals surface area contributed by atoms with Gasteiger partial charge < -0.3 is 9.64 Å². The molecule has 1 aliphatic carbocycles. The SMILES string of the molecule is COc1cccc([C@]23CCN(C)C[C@@H]2CC(=Cc2ccccc2)C(=O)C3)c1. The first kappa shape index (κ1) is 18.0. The second kappa shape index (κ2) is 7.32. The van der Waals surface area contributed by atoms with E-state index in [9.17, 15) is 4.79 Å². The van der Waals surface area contributed by atoms with E-state index in [-0.39, 0.29) is 5.41 Å². The van der Waals surface area contributed by atoms with Crippen LogP contribution in [0, 0.1) is 5.92 Å². The molecule has 4 rings (SSSR count). The number of Topliss-reactive ketones (excluding diaryl/α,β-unsaturated/α-hetero) is 1. The van der Waals surface area contributed by atoms with Crippen LogP contribution in [0.3, 0.4) is 0 Å². The van der Waals surface area contributed by atoms with Crippen molar-refractivity contribution in [3.8, 4) is 5.75 Å². The number of ether oxygens (including phenoxy) is 1. The Bertz CT molecular complexity index is 858. The minimum absolute atomic E-state index is 0.0772. The molecular weight excluding hydrogens is 334 g/mol. The molecule has 3 nitrogen and oxygen atoms in total. The van der Waals surface area contributed by atoms with Gasteiger partial charge in [0.15, 0.2) is 5.78 Å². The monoisotopic (exact) mass is 361 g/mol. The zero-order chi connectivity index (χ0) is 18.9. The van der Waals surface area contributed by atoms with Crippen LogP contribution in [0.15, 0.2) is 60.2 Å². The van der Waals surface area contributed by atoms with Gasteiger partial charge in [0, 0.05) is 18.4 Å². The molecular formula is C24H27NO2. The van der Waals surface area contributed by atoms with Crippen molar-refractivity contribution < 1.29 is 9.53 Å². The van der Waals surface area contributed by atoms with Gasteiger partial charge in [0.25, 0.3) is 0 Å². The van der Waals surface area contributed by atoms with E-state index < -0.39 is 0 Å². The smallest absolute Gasteiger partial charge is 0.159 e. The van der Waals surface area contributed by atoms with Gasteiger partial charge in [0.2, 0.25) is 0 Å². The van der Waals surface area contributed by atoms with Gasteiger partial charge in [-0.25, -0.2) is 0 Å². The minimum Gasteiger partial charge on any atom is -0.497 e. The van der Waals surface area contributed by atoms with Gasteiger partial charge in [-0.05, 0) is 67.3 Å². The van der Waals surface area contributed by atoms with E-state index in [2.05, 4.69) is 48.4 Å². The topological polar surface area (TPSA) is 29.5 Å². The van der Waals surface area contributed by atoms with Crippen LogP contribution in [0.4, 0.5) is 0 Å². The van der Waals surface area contributed by atoms with E-state index in [1.54, 1.807) is 7.11 Å². The van der Waals surface area contributed by atoms with Gasteiger partial charge in [0.1, 0.15) is 5.75 Å². The van der Waals surface area contributed by atoms with E-state index in [0.29, 0.717) is 18.1 Å². The quantitative estimate of drug-likeness (QED) is 0.762. The summed E-state index contributed by atoms with van der Waals surface area (Å²) in [7, 11) is 3.89. The number of rotatable bonds is 3. The number of benzene rings is 2. The molecule has 3 heteroatoms. The van der Waals surface area contributed by atoms with Gasteiger partial charge in [-0.2, -0.15) is 0 Å². The van der Waals surface area contributed by atoms with Crippen LogP contribution in [0.1, 0.15) is 30.4 Å². The standard InChI is InChI=1S/C24H27NO2/c1-25-12-11-24(20-9-6-10-22(15-20)27-2)16-23(26)19(14-21(24)17-25)13-18-7-4-3-5-8-18/h3-10,13,15,21H,11-12,14,16-17H2,1-2H3/t21-,24+/m0/s1. The fraction of sp³-hybridized carbons (Fsp3) is 0.375. The fourth-order valence-corrected chi connectivity index (χ4v) is 4.81. The molecule has 0 radical (unpaired) electrons. The molecule has 2 atom stereocenters. The lowest BCUT2D eigenvalue weighted by Gasteiger charge is -2.50. The van der Waals surface area contributed by atoms with Crippen LogP contribution >= 0.6 is 0 Å². The van der Waals surface area contributed by atoms with Gasteiger partial charge >= 0.3 is 0 Å². The Balaban J connectivity index is 1.72. The lowest BCUT2D eigenvalue weighted by molar-refractivity contribution is -0.120. The number of carbonyl (C=O) groups excluding carboxylic acids is 1. The predicted octanol–water partition coefficient (Wildman–Crippen LogP) is 4.33. The number of piperidine rings is 1. The number of likely N-dealkylation sites (tertiary alicyclic amines) is 1. The Labute approximate surface area is 161 Å². The van der Waals surface area contributed by atoms with Crippen LogP contribution in [0.2, 0.25) is 0 Å². The maximum Gasteiger partial charge on any atom is 0.159 e. The molecule has 0 spiro atoms. The number of methoxy groups -OCH3 is 1. The summed E-state index contributed by atoms with van der Waals surface area (Å²) in [4.78, 5) is 15.6. The highest BCUT2D eigenvalue weighted by atomic mass is 16.5. The summed E-state index contributed by atoms with van der Waals surface area (Å²) < 4.78 is 5.46. The minimum atomic E-state index is -0.0772. The Hall–Kier alpha value is -2.39. The first-order chi connectivity index (χ1) is 13.1. The lowest BCUT2D eigenvalue weighted by atomic mass is 9.58. The molecule has 0 amide bonds. The van der Waals surface area contributed by atoms with Crippen molar-refractivity contribution in [1.29, 1.82) is 0 Å². The molecule has 27 heavy (non-hydrogen) atoms. The summed E-state index contributed by atoms with van der Waals surface area (Å²) in [5.41, 5.74) is 3.26. The number of hydrogen-bond acceptors (Lipinski definition) is 3. The molecule has 2 aromatic rings. The lowest BCUT2D eigenvalue weighted by Crippen LogP contribution is -2.52. The van der Waals surface area contributed by atoms with E-state index in [1.165, 1.54) is 5.56 Å². The molecule has 2 aromatic carbocycles. The molecule has 1 aliphatic heterocycles. The molecule has 1 saturated heterocycles. The second-order valence-electron chi connectivity index (χ2n) is 7.98. The molecule has 2 fully saturated rings. The first-order valence-corrected chi connectivity index (χ1v) is 9.72. The molecule has 1 heterocycles. The first-order valence-electron chi connectivity index (χ1n) is 9.72. The summed E-state index contributed by atoms with van der Waals surface area (Å²) in [5.74, 6) is 1.61. The van der Waals surface area contributed by atoms with E-state index >= 15 is 0 Å². The molecule has 0 aromatic heterocycles. The largest absolute Gasteiger partial charge is 0.497 e. The Morgan fingerprint density at radius 1 is 1.15 bits per heavy atom. The average molecular weight is 361 g/mol. The Kier molecular flexibility index (Phi) is 4.88. The Morgan fingerprint density at radius 2 is 1.96 bits per heavy atom. The normalized spacial score (nSPS) is 27.4. The molecule has 0 bridgehead atoms. The number of carbonyl (C=O) groups is 1. The highest BCUT2D eigenvalue weighted by Gasteiger charge is 2.48. The highest BCUT2D eigenvalue weighted by Crippen LogP contribution is 2.49. The van der Waals surface area contributed by atoms with Gasteiger partial charge in [-0.3, -0.25) is 4.79 Å². The highest BCUT2D eigenvalue weighted by molar-refractivity contribution is 6.01. The van der Waals surface area contributed by atoms with Crippen LogP contribution in [0.5, 0.6) is 5.75 Å². The van der Waals surface area contributed by atoms with Crippen LogP contribution < -0.4 is 4.74 Å². The van der Waals surface area contributed by atoms with Crippen molar-refractivity contribution in [2.75, 3.05) is 27.2 Å². The van der Waals surface area contributed by atoms with E-state index in [1.807, 2.05) is 24.3 Å². The van der Waals surface area contributed by atoms with E-state index in [0.717, 1.165) is 42.8 Å². The van der Waals surface area contributed by atoms with Crippen LogP contribution in [0.25, 0.3) is 6.08 Å². The fourth-order valence-electron chi connectivity index (χ4n) is 4.81. The number of allylic oxidation sites excluding steroid dienone is 1. The summed E-state index contributed by atoms with van der Waals surface area (Å²) in [5, 5.41) is 0. The zero-order valence-corrected chi connectivity index (χ0v) is 16.2. The number of nitrogens with zero attached hydrogens (tertiary/aromatic N) is 1. The molecule has 1 saturated carbocycles. The third kappa shape index (κ3) is 3.44. The number of fused-ring (bicyclic) bond motifs is 1. The maximum absolute atomic E-state index is 13.2. The van der Waals surface area contributed by atoms with Crippen molar-refractivity contribution in [3.63, 3.8) is 0 Å². The summed E-state index contributed by atoms with van der Waals surface area (Å²) >= 11 is 0. The summed E-state index contributed by atoms with van der Waals surface area (Å²) in [6.07, 6.45) is 4.55. The van der Waals surface area contributed by atoms with Gasteiger partial charge in [-0.15, -0.1) is 0 Å². The predicted molar refractivity (Wildman–Crippen MR) is 109 cm³/mol. The number of ketones is 1. The summed E-state index contributed by atoms with van der Waals surface area (Å²) in [6, 6.07) is 18.5. The second-order valence-corrected chi connectivity index (χ2v) is 7.98.